The minimum atomic E-state index is -0.468. The lowest BCUT2D eigenvalue weighted by molar-refractivity contribution is 0.0447. The van der Waals surface area contributed by atoms with E-state index >= 15 is 0 Å². The van der Waals surface area contributed by atoms with Gasteiger partial charge in [0.25, 0.3) is 0 Å². The van der Waals surface area contributed by atoms with E-state index in [9.17, 15) is 5.11 Å². The van der Waals surface area contributed by atoms with Crippen molar-refractivity contribution in [1.82, 2.24) is 10.2 Å². The van der Waals surface area contributed by atoms with Crippen LogP contribution in [0, 0.1) is 5.41 Å². The average molecular weight is 332 g/mol. The number of aliphatic hydroxyl groups excluding tert-OH is 1. The monoisotopic (exact) mass is 332 g/mol. The van der Waals surface area contributed by atoms with Gasteiger partial charge in [0, 0.05) is 12.0 Å². The SMILES string of the molecule is C=C(C)/C(=C\C=C(C)C)[C@H](O)CN1CCC2(CCNC3OC32)CC1. The fourth-order valence-electron chi connectivity index (χ4n) is 4.19. The van der Waals surface area contributed by atoms with Crippen molar-refractivity contribution < 1.29 is 9.84 Å². The first kappa shape index (κ1) is 17.9. The Balaban J connectivity index is 1.56. The van der Waals surface area contributed by atoms with Gasteiger partial charge in [-0.2, -0.15) is 0 Å². The topological polar surface area (TPSA) is 48.0 Å². The van der Waals surface area contributed by atoms with Gasteiger partial charge in [-0.15, -0.1) is 0 Å². The number of ether oxygens (including phenoxy) is 1. The maximum Gasteiger partial charge on any atom is 0.135 e. The maximum absolute atomic E-state index is 10.7. The number of nitrogens with one attached hydrogen (secondary N) is 1. The van der Waals surface area contributed by atoms with Crippen LogP contribution in [0.2, 0.25) is 0 Å². The summed E-state index contributed by atoms with van der Waals surface area (Å²) in [6, 6.07) is 0. The van der Waals surface area contributed by atoms with E-state index in [-0.39, 0.29) is 0 Å². The first-order valence-electron chi connectivity index (χ1n) is 9.21. The molecule has 2 unspecified atom stereocenters. The predicted molar refractivity (Wildman–Crippen MR) is 97.7 cm³/mol. The minimum Gasteiger partial charge on any atom is -0.387 e. The second-order valence-corrected chi connectivity index (χ2v) is 8.01. The quantitative estimate of drug-likeness (QED) is 0.600. The molecule has 3 fully saturated rings. The molecule has 0 amide bonds. The van der Waals surface area contributed by atoms with Gasteiger partial charge in [0.2, 0.25) is 0 Å². The zero-order chi connectivity index (χ0) is 17.3. The molecule has 3 rings (SSSR count). The van der Waals surface area contributed by atoms with Gasteiger partial charge < -0.3 is 14.7 Å². The van der Waals surface area contributed by atoms with Crippen molar-refractivity contribution in [3.63, 3.8) is 0 Å². The number of hydrogen-bond acceptors (Lipinski definition) is 4. The number of likely N-dealkylation sites (tertiary alicyclic amines) is 1. The Morgan fingerprint density at radius 1 is 1.29 bits per heavy atom. The van der Waals surface area contributed by atoms with Crippen LogP contribution >= 0.6 is 0 Å². The molecule has 0 radical (unpaired) electrons. The number of aliphatic hydroxyl groups is 1. The second kappa shape index (κ2) is 7.12. The highest BCUT2D eigenvalue weighted by molar-refractivity contribution is 5.34. The molecule has 0 aromatic rings. The molecule has 24 heavy (non-hydrogen) atoms. The van der Waals surface area contributed by atoms with Crippen LogP contribution in [0.1, 0.15) is 40.0 Å². The minimum absolute atomic E-state index is 0.318. The van der Waals surface area contributed by atoms with Crippen molar-refractivity contribution in [2.24, 2.45) is 5.41 Å². The molecule has 4 heteroatoms. The van der Waals surface area contributed by atoms with E-state index in [0.29, 0.717) is 24.3 Å². The molecule has 0 bridgehead atoms. The average Bonchev–Trinajstić information content (AvgIpc) is 3.30. The third-order valence-electron chi connectivity index (χ3n) is 5.79. The Kier molecular flexibility index (Phi) is 5.30. The van der Waals surface area contributed by atoms with Crippen molar-refractivity contribution in [3.8, 4) is 0 Å². The summed E-state index contributed by atoms with van der Waals surface area (Å²) in [5, 5.41) is 14.1. The Labute approximate surface area is 146 Å². The van der Waals surface area contributed by atoms with Gasteiger partial charge in [-0.25, -0.2) is 0 Å². The number of piperidine rings is 2. The molecule has 3 aliphatic rings. The first-order valence-corrected chi connectivity index (χ1v) is 9.21. The van der Waals surface area contributed by atoms with Crippen LogP contribution in [0.4, 0.5) is 0 Å². The summed E-state index contributed by atoms with van der Waals surface area (Å²) in [7, 11) is 0. The third kappa shape index (κ3) is 3.83. The lowest BCUT2D eigenvalue weighted by atomic mass is 9.71. The molecular weight excluding hydrogens is 300 g/mol. The van der Waals surface area contributed by atoms with Crippen molar-refractivity contribution in [2.45, 2.75) is 58.5 Å². The van der Waals surface area contributed by atoms with E-state index in [1.807, 2.05) is 13.0 Å². The number of rotatable bonds is 5. The van der Waals surface area contributed by atoms with E-state index in [0.717, 1.165) is 30.8 Å². The van der Waals surface area contributed by atoms with Gasteiger partial charge >= 0.3 is 0 Å². The molecule has 134 valence electrons. The summed E-state index contributed by atoms with van der Waals surface area (Å²) in [5.41, 5.74) is 3.50. The zero-order valence-corrected chi connectivity index (χ0v) is 15.3. The van der Waals surface area contributed by atoms with Gasteiger partial charge in [0.15, 0.2) is 0 Å². The molecule has 0 saturated carbocycles. The molecular formula is C20H32N2O2. The Bertz CT molecular complexity index is 540. The summed E-state index contributed by atoms with van der Waals surface area (Å²) in [5.74, 6) is 0. The summed E-state index contributed by atoms with van der Waals surface area (Å²) in [4.78, 5) is 2.40. The summed E-state index contributed by atoms with van der Waals surface area (Å²) < 4.78 is 5.81. The number of allylic oxidation sites excluding steroid dienone is 3. The fourth-order valence-corrected chi connectivity index (χ4v) is 4.19. The van der Waals surface area contributed by atoms with E-state index < -0.39 is 6.10 Å². The summed E-state index contributed by atoms with van der Waals surface area (Å²) >= 11 is 0. The summed E-state index contributed by atoms with van der Waals surface area (Å²) in [6.45, 7) is 14.0. The smallest absolute Gasteiger partial charge is 0.135 e. The molecule has 3 atom stereocenters. The molecule has 0 aromatic heterocycles. The van der Waals surface area contributed by atoms with Gasteiger partial charge in [0.05, 0.1) is 6.10 Å². The number of nitrogens with zero attached hydrogens (tertiary/aromatic N) is 1. The van der Waals surface area contributed by atoms with Crippen molar-refractivity contribution >= 4 is 0 Å². The number of β-amino-alcohol motifs (C(OH)–C–C–N with tert-alkyl or cyclic N) is 1. The van der Waals surface area contributed by atoms with Gasteiger partial charge in [-0.3, -0.25) is 5.32 Å². The van der Waals surface area contributed by atoms with Crippen LogP contribution in [-0.2, 0) is 4.74 Å². The molecule has 0 aromatic carbocycles. The largest absolute Gasteiger partial charge is 0.387 e. The lowest BCUT2D eigenvalue weighted by Gasteiger charge is -2.43. The Morgan fingerprint density at radius 2 is 2.00 bits per heavy atom. The molecule has 4 nitrogen and oxygen atoms in total. The van der Waals surface area contributed by atoms with Crippen LogP contribution < -0.4 is 5.32 Å². The van der Waals surface area contributed by atoms with E-state index in [1.54, 1.807) is 0 Å². The van der Waals surface area contributed by atoms with Crippen molar-refractivity contribution in [3.05, 3.63) is 35.5 Å². The lowest BCUT2D eigenvalue weighted by Crippen LogP contribution is -2.49. The van der Waals surface area contributed by atoms with Crippen LogP contribution in [0.15, 0.2) is 35.5 Å². The van der Waals surface area contributed by atoms with Crippen molar-refractivity contribution in [2.75, 3.05) is 26.2 Å². The number of fused-ring (bicyclic) bond motifs is 2. The first-order chi connectivity index (χ1) is 11.4. The second-order valence-electron chi connectivity index (χ2n) is 8.01. The number of hydrogen-bond donors (Lipinski definition) is 2. The maximum atomic E-state index is 10.7. The molecule has 0 aliphatic carbocycles. The van der Waals surface area contributed by atoms with Crippen LogP contribution in [0.3, 0.4) is 0 Å². The number of epoxide rings is 1. The highest BCUT2D eigenvalue weighted by Gasteiger charge is 2.57. The van der Waals surface area contributed by atoms with Crippen LogP contribution in [0.5, 0.6) is 0 Å². The zero-order valence-electron chi connectivity index (χ0n) is 15.3. The molecule has 3 heterocycles. The summed E-state index contributed by atoms with van der Waals surface area (Å²) in [6.07, 6.45) is 7.94. The van der Waals surface area contributed by atoms with Crippen LogP contribution in [0.25, 0.3) is 0 Å². The molecule has 3 aliphatic heterocycles. The van der Waals surface area contributed by atoms with Gasteiger partial charge in [0.1, 0.15) is 12.3 Å². The Morgan fingerprint density at radius 3 is 2.62 bits per heavy atom. The van der Waals surface area contributed by atoms with E-state index in [2.05, 4.69) is 36.7 Å². The van der Waals surface area contributed by atoms with Gasteiger partial charge in [-0.05, 0) is 65.2 Å². The molecule has 2 N–H and O–H groups in total. The highest BCUT2D eigenvalue weighted by atomic mass is 16.6. The van der Waals surface area contributed by atoms with Crippen LogP contribution in [-0.4, -0.2) is 54.6 Å². The predicted octanol–water partition coefficient (Wildman–Crippen LogP) is 2.62. The standard InChI is InChI=1S/C20H32N2O2/c1-14(2)5-6-16(15(3)4)17(23)13-22-11-8-20(9-12-22)7-10-21-19-18(20)24-19/h5-6,17-19,21,23H,3,7-13H2,1-2,4H3/b16-6+/t17-,18?,19?/m1/s1. The van der Waals surface area contributed by atoms with Crippen molar-refractivity contribution in [1.29, 1.82) is 0 Å². The molecule has 3 saturated heterocycles. The van der Waals surface area contributed by atoms with E-state index in [4.69, 9.17) is 4.74 Å². The van der Waals surface area contributed by atoms with Gasteiger partial charge in [-0.1, -0.05) is 29.9 Å². The molecule has 1 spiro atoms. The Hall–Kier alpha value is -0.940. The third-order valence-corrected chi connectivity index (χ3v) is 5.79. The highest BCUT2D eigenvalue weighted by Crippen LogP contribution is 2.49. The normalized spacial score (nSPS) is 30.6. The fraction of sp³-hybridized carbons (Fsp3) is 0.700. The van der Waals surface area contributed by atoms with E-state index in [1.165, 1.54) is 24.8 Å².